The second-order valence-corrected chi connectivity index (χ2v) is 5.46. The first-order chi connectivity index (χ1) is 9.90. The fourth-order valence-electron chi connectivity index (χ4n) is 2.68. The Hall–Kier alpha value is -1.57. The zero-order chi connectivity index (χ0) is 15.5. The lowest BCUT2D eigenvalue weighted by atomic mass is 9.89. The average molecular weight is 303 g/mol. The van der Waals surface area contributed by atoms with Gasteiger partial charge >= 0.3 is 6.18 Å². The van der Waals surface area contributed by atoms with Crippen molar-refractivity contribution in [1.82, 2.24) is 9.97 Å². The fraction of sp³-hybridized carbons (Fsp3) is 0.692. The molecule has 21 heavy (non-hydrogen) atoms. The van der Waals surface area contributed by atoms with Crippen LogP contribution in [0.2, 0.25) is 0 Å². The lowest BCUT2D eigenvalue weighted by Gasteiger charge is -2.28. The molecule has 3 N–H and O–H groups in total. The maximum Gasteiger partial charge on any atom is 0.451 e. The molecule has 2 rings (SSSR count). The standard InChI is InChI=1S/C13H20F3N5/c1-21(8-9-5-3-2-4-6-9)11-7-10(20-17)18-12(19-11)13(14,15)16/h7,9H,2-6,8,17H2,1H3,(H,18,19,20). The Morgan fingerprint density at radius 1 is 1.29 bits per heavy atom. The predicted molar refractivity (Wildman–Crippen MR) is 74.7 cm³/mol. The molecule has 0 atom stereocenters. The van der Waals surface area contributed by atoms with Gasteiger partial charge in [-0.15, -0.1) is 0 Å². The van der Waals surface area contributed by atoms with Gasteiger partial charge in [-0.05, 0) is 18.8 Å². The molecule has 0 unspecified atom stereocenters. The SMILES string of the molecule is CN(CC1CCCCC1)c1cc(NN)nc(C(F)(F)F)n1. The number of hydrogen-bond donors (Lipinski definition) is 2. The topological polar surface area (TPSA) is 67.1 Å². The minimum absolute atomic E-state index is 0.0391. The quantitative estimate of drug-likeness (QED) is 0.661. The van der Waals surface area contributed by atoms with Crippen molar-refractivity contribution < 1.29 is 13.2 Å². The first-order valence-corrected chi connectivity index (χ1v) is 7.04. The molecule has 0 bridgehead atoms. The summed E-state index contributed by atoms with van der Waals surface area (Å²) < 4.78 is 38.4. The van der Waals surface area contributed by atoms with Crippen LogP contribution in [0.4, 0.5) is 24.8 Å². The normalized spacial score (nSPS) is 16.8. The van der Waals surface area contributed by atoms with E-state index in [2.05, 4.69) is 15.4 Å². The molecule has 1 fully saturated rings. The lowest BCUT2D eigenvalue weighted by Crippen LogP contribution is -2.28. The molecule has 0 amide bonds. The van der Waals surface area contributed by atoms with Gasteiger partial charge in [0.2, 0.25) is 5.82 Å². The molecule has 1 saturated carbocycles. The summed E-state index contributed by atoms with van der Waals surface area (Å²) in [7, 11) is 1.75. The van der Waals surface area contributed by atoms with E-state index in [0.29, 0.717) is 12.5 Å². The molecule has 1 heterocycles. The Balaban J connectivity index is 2.17. The summed E-state index contributed by atoms with van der Waals surface area (Å²) in [6.07, 6.45) is 1.25. The van der Waals surface area contributed by atoms with E-state index < -0.39 is 12.0 Å². The van der Waals surface area contributed by atoms with Crippen molar-refractivity contribution in [3.05, 3.63) is 11.9 Å². The second-order valence-electron chi connectivity index (χ2n) is 5.46. The molecule has 1 aliphatic carbocycles. The van der Waals surface area contributed by atoms with E-state index in [1.807, 2.05) is 0 Å². The maximum atomic E-state index is 12.8. The highest BCUT2D eigenvalue weighted by atomic mass is 19.4. The van der Waals surface area contributed by atoms with E-state index in [9.17, 15) is 13.2 Å². The van der Waals surface area contributed by atoms with Crippen LogP contribution < -0.4 is 16.2 Å². The highest BCUT2D eigenvalue weighted by Gasteiger charge is 2.35. The molecule has 0 spiro atoms. The maximum absolute atomic E-state index is 12.8. The molecule has 8 heteroatoms. The van der Waals surface area contributed by atoms with Crippen molar-refractivity contribution >= 4 is 11.6 Å². The second kappa shape index (κ2) is 6.46. The van der Waals surface area contributed by atoms with Crippen LogP contribution in [0.5, 0.6) is 0 Å². The summed E-state index contributed by atoms with van der Waals surface area (Å²) >= 11 is 0. The van der Waals surface area contributed by atoms with Crippen LogP contribution >= 0.6 is 0 Å². The summed E-state index contributed by atoms with van der Waals surface area (Å²) in [5.74, 6) is 4.71. The molecule has 0 saturated heterocycles. The van der Waals surface area contributed by atoms with Crippen LogP contribution in [0.1, 0.15) is 37.9 Å². The number of hydrazine groups is 1. The van der Waals surface area contributed by atoms with Gasteiger partial charge in [-0.2, -0.15) is 13.2 Å². The number of halogens is 3. The Morgan fingerprint density at radius 3 is 2.52 bits per heavy atom. The van der Waals surface area contributed by atoms with E-state index >= 15 is 0 Å². The molecule has 0 radical (unpaired) electrons. The van der Waals surface area contributed by atoms with Crippen LogP contribution in [0.25, 0.3) is 0 Å². The van der Waals surface area contributed by atoms with Crippen LogP contribution in [-0.4, -0.2) is 23.6 Å². The third kappa shape index (κ3) is 4.20. The largest absolute Gasteiger partial charge is 0.451 e. The molecule has 1 aromatic heterocycles. The van der Waals surface area contributed by atoms with Crippen LogP contribution in [0.3, 0.4) is 0 Å². The van der Waals surface area contributed by atoms with E-state index in [1.165, 1.54) is 25.3 Å². The monoisotopic (exact) mass is 303 g/mol. The average Bonchev–Trinajstić information content (AvgIpc) is 2.46. The van der Waals surface area contributed by atoms with Gasteiger partial charge in [0, 0.05) is 19.7 Å². The molecule has 0 aromatic carbocycles. The van der Waals surface area contributed by atoms with E-state index in [-0.39, 0.29) is 11.6 Å². The first-order valence-electron chi connectivity index (χ1n) is 7.04. The molecule has 0 aliphatic heterocycles. The number of aromatic nitrogens is 2. The Bertz CT molecular complexity index is 471. The number of hydrogen-bond acceptors (Lipinski definition) is 5. The van der Waals surface area contributed by atoms with Crippen LogP contribution in [0, 0.1) is 5.92 Å². The minimum Gasteiger partial charge on any atom is -0.359 e. The summed E-state index contributed by atoms with van der Waals surface area (Å²) in [6.45, 7) is 0.693. The van der Waals surface area contributed by atoms with E-state index in [0.717, 1.165) is 12.8 Å². The van der Waals surface area contributed by atoms with E-state index in [1.54, 1.807) is 11.9 Å². The van der Waals surface area contributed by atoms with Gasteiger partial charge in [0.1, 0.15) is 11.6 Å². The molecular weight excluding hydrogens is 283 g/mol. The Morgan fingerprint density at radius 2 is 1.95 bits per heavy atom. The van der Waals surface area contributed by atoms with Gasteiger partial charge in [-0.25, -0.2) is 15.8 Å². The fourth-order valence-corrected chi connectivity index (χ4v) is 2.68. The lowest BCUT2D eigenvalue weighted by molar-refractivity contribution is -0.144. The predicted octanol–water partition coefficient (Wildman–Crippen LogP) is 2.80. The zero-order valence-electron chi connectivity index (χ0n) is 12.0. The van der Waals surface area contributed by atoms with Gasteiger partial charge in [0.15, 0.2) is 0 Å². The summed E-state index contributed by atoms with van der Waals surface area (Å²) in [6, 6.07) is 1.43. The highest BCUT2D eigenvalue weighted by Crippen LogP contribution is 2.30. The highest BCUT2D eigenvalue weighted by molar-refractivity contribution is 5.48. The summed E-state index contributed by atoms with van der Waals surface area (Å²) in [5.41, 5.74) is 2.16. The Labute approximate surface area is 121 Å². The third-order valence-electron chi connectivity index (χ3n) is 3.76. The molecule has 5 nitrogen and oxygen atoms in total. The van der Waals surface area contributed by atoms with Crippen molar-refractivity contribution in [2.75, 3.05) is 23.9 Å². The molecular formula is C13H20F3N5. The number of nitrogen functional groups attached to an aromatic ring is 1. The molecule has 1 aliphatic rings. The first kappa shape index (κ1) is 15.8. The minimum atomic E-state index is -4.59. The van der Waals surface area contributed by atoms with E-state index in [4.69, 9.17) is 5.84 Å². The van der Waals surface area contributed by atoms with Gasteiger partial charge < -0.3 is 10.3 Å². The molecule has 118 valence electrons. The Kier molecular flexibility index (Phi) is 4.87. The van der Waals surface area contributed by atoms with Gasteiger partial charge in [-0.1, -0.05) is 19.3 Å². The van der Waals surface area contributed by atoms with Gasteiger partial charge in [0.05, 0.1) is 0 Å². The van der Waals surface area contributed by atoms with Crippen molar-refractivity contribution in [1.29, 1.82) is 0 Å². The number of alkyl halides is 3. The third-order valence-corrected chi connectivity index (χ3v) is 3.76. The molecule has 1 aromatic rings. The number of nitrogens with zero attached hydrogens (tertiary/aromatic N) is 3. The van der Waals surface area contributed by atoms with Crippen molar-refractivity contribution in [2.24, 2.45) is 11.8 Å². The van der Waals surface area contributed by atoms with Gasteiger partial charge in [0.25, 0.3) is 0 Å². The van der Waals surface area contributed by atoms with Crippen LogP contribution in [-0.2, 0) is 6.18 Å². The number of nitrogens with two attached hydrogens (primary N) is 1. The smallest absolute Gasteiger partial charge is 0.359 e. The van der Waals surface area contributed by atoms with Crippen molar-refractivity contribution in [3.63, 3.8) is 0 Å². The number of anilines is 2. The summed E-state index contributed by atoms with van der Waals surface area (Å²) in [4.78, 5) is 8.71. The number of nitrogens with one attached hydrogen (secondary N) is 1. The van der Waals surface area contributed by atoms with Gasteiger partial charge in [-0.3, -0.25) is 0 Å². The summed E-state index contributed by atoms with van der Waals surface area (Å²) in [5, 5.41) is 0. The van der Waals surface area contributed by atoms with Crippen molar-refractivity contribution in [3.8, 4) is 0 Å². The van der Waals surface area contributed by atoms with Crippen LogP contribution in [0.15, 0.2) is 6.07 Å². The van der Waals surface area contributed by atoms with Crippen molar-refractivity contribution in [2.45, 2.75) is 38.3 Å². The zero-order valence-corrected chi connectivity index (χ0v) is 12.0. The number of rotatable bonds is 4.